The van der Waals surface area contributed by atoms with E-state index in [-0.39, 0.29) is 24.2 Å². The first-order chi connectivity index (χ1) is 4.63. The number of allylic oxidation sites excluding steroid dienone is 2. The Labute approximate surface area is 55.4 Å². The van der Waals surface area contributed by atoms with Crippen molar-refractivity contribution in [2.45, 2.75) is 12.8 Å². The van der Waals surface area contributed by atoms with E-state index in [2.05, 4.69) is 0 Å². The summed E-state index contributed by atoms with van der Waals surface area (Å²) in [6.07, 6.45) is 0.451. The molecule has 0 N–H and O–H groups in total. The summed E-state index contributed by atoms with van der Waals surface area (Å²) in [5, 5.41) is 19.9. The fourth-order valence-corrected chi connectivity index (χ4v) is 0.742. The standard InChI is InChI=1S/C4H4N2O4/c7-5(8)3-1-2-4(3)6(9)10/h1-2H2. The number of nitrogens with zero attached hydrogens (tertiary/aromatic N) is 2. The summed E-state index contributed by atoms with van der Waals surface area (Å²) in [6, 6.07) is 0. The molecular formula is C4H4N2O4. The minimum atomic E-state index is -0.693. The average Bonchev–Trinajstić information content (AvgIpc) is 1.56. The summed E-state index contributed by atoms with van der Waals surface area (Å²) in [5.41, 5.74) is -0.491. The van der Waals surface area contributed by atoms with Crippen molar-refractivity contribution in [3.8, 4) is 0 Å². The largest absolute Gasteiger partial charge is 0.318 e. The smallest absolute Gasteiger partial charge is 0.258 e. The normalized spacial score (nSPS) is 16.4. The van der Waals surface area contributed by atoms with Crippen molar-refractivity contribution in [3.63, 3.8) is 0 Å². The van der Waals surface area contributed by atoms with Gasteiger partial charge in [0.25, 0.3) is 0 Å². The lowest BCUT2D eigenvalue weighted by molar-refractivity contribution is -0.487. The molecule has 0 unspecified atom stereocenters. The molecule has 6 heteroatoms. The molecule has 0 heterocycles. The summed E-state index contributed by atoms with van der Waals surface area (Å²) < 4.78 is 0. The lowest BCUT2D eigenvalue weighted by atomic mass is 10.0. The molecule has 0 aliphatic heterocycles. The molecule has 0 fully saturated rings. The van der Waals surface area contributed by atoms with Crippen LogP contribution in [-0.2, 0) is 0 Å². The molecule has 1 rings (SSSR count). The summed E-state index contributed by atoms with van der Waals surface area (Å²) in [7, 11) is 0. The molecular weight excluding hydrogens is 140 g/mol. The maximum atomic E-state index is 9.94. The zero-order chi connectivity index (χ0) is 7.72. The molecule has 54 valence electrons. The third-order valence-corrected chi connectivity index (χ3v) is 1.37. The van der Waals surface area contributed by atoms with Crippen LogP contribution in [0.2, 0.25) is 0 Å². The molecule has 0 bridgehead atoms. The fraction of sp³-hybridized carbons (Fsp3) is 0.500. The van der Waals surface area contributed by atoms with E-state index in [1.165, 1.54) is 0 Å². The zero-order valence-electron chi connectivity index (χ0n) is 4.94. The maximum Gasteiger partial charge on any atom is 0.318 e. The summed E-state index contributed by atoms with van der Waals surface area (Å²) in [6.45, 7) is 0. The van der Waals surface area contributed by atoms with Gasteiger partial charge in [0.15, 0.2) is 0 Å². The Morgan fingerprint density at radius 1 is 1.00 bits per heavy atom. The quantitative estimate of drug-likeness (QED) is 0.418. The first kappa shape index (κ1) is 6.66. The van der Waals surface area contributed by atoms with Gasteiger partial charge in [0.05, 0.1) is 22.7 Å². The predicted molar refractivity (Wildman–Crippen MR) is 30.2 cm³/mol. The molecule has 10 heavy (non-hydrogen) atoms. The van der Waals surface area contributed by atoms with E-state index in [0.717, 1.165) is 0 Å². The molecule has 1 aliphatic carbocycles. The van der Waals surface area contributed by atoms with Crippen LogP contribution >= 0.6 is 0 Å². The zero-order valence-corrected chi connectivity index (χ0v) is 4.94. The predicted octanol–water partition coefficient (Wildman–Crippen LogP) is 0.545. The molecule has 6 nitrogen and oxygen atoms in total. The highest BCUT2D eigenvalue weighted by Gasteiger charge is 2.37. The van der Waals surface area contributed by atoms with Gasteiger partial charge in [0, 0.05) is 0 Å². The third kappa shape index (κ3) is 0.831. The Balaban J connectivity index is 2.87. The number of hydrogen-bond donors (Lipinski definition) is 0. The maximum absolute atomic E-state index is 9.94. The van der Waals surface area contributed by atoms with Crippen molar-refractivity contribution >= 4 is 0 Å². The molecule has 0 aromatic rings. The first-order valence-corrected chi connectivity index (χ1v) is 2.63. The highest BCUT2D eigenvalue weighted by molar-refractivity contribution is 5.10. The Hall–Kier alpha value is -1.46. The highest BCUT2D eigenvalue weighted by Crippen LogP contribution is 2.27. The van der Waals surface area contributed by atoms with E-state index < -0.39 is 9.85 Å². The average molecular weight is 144 g/mol. The van der Waals surface area contributed by atoms with Crippen LogP contribution in [0, 0.1) is 20.2 Å². The van der Waals surface area contributed by atoms with Crippen molar-refractivity contribution in [3.05, 3.63) is 31.6 Å². The van der Waals surface area contributed by atoms with Crippen LogP contribution in [0.1, 0.15) is 12.8 Å². The minimum absolute atomic E-state index is 0.226. The molecule has 0 saturated carbocycles. The van der Waals surface area contributed by atoms with E-state index in [4.69, 9.17) is 0 Å². The van der Waals surface area contributed by atoms with Crippen molar-refractivity contribution in [2.75, 3.05) is 0 Å². The lowest BCUT2D eigenvalue weighted by Crippen LogP contribution is -2.17. The van der Waals surface area contributed by atoms with Crippen molar-refractivity contribution in [2.24, 2.45) is 0 Å². The Morgan fingerprint density at radius 2 is 1.30 bits per heavy atom. The Bertz CT molecular complexity index is 207. The second-order valence-electron chi connectivity index (χ2n) is 1.91. The van der Waals surface area contributed by atoms with Gasteiger partial charge < -0.3 is 0 Å². The highest BCUT2D eigenvalue weighted by atomic mass is 16.6. The SMILES string of the molecule is O=[N+]([O-])C1=C([N+](=O)[O-])CC1. The van der Waals surface area contributed by atoms with Crippen LogP contribution < -0.4 is 0 Å². The van der Waals surface area contributed by atoms with Crippen molar-refractivity contribution < 1.29 is 9.85 Å². The van der Waals surface area contributed by atoms with Crippen LogP contribution in [0.15, 0.2) is 11.4 Å². The fourth-order valence-electron chi connectivity index (χ4n) is 0.742. The summed E-state index contributed by atoms with van der Waals surface area (Å²) in [5.74, 6) is 0. The van der Waals surface area contributed by atoms with Crippen molar-refractivity contribution in [1.29, 1.82) is 0 Å². The van der Waals surface area contributed by atoms with E-state index in [1.54, 1.807) is 0 Å². The van der Waals surface area contributed by atoms with Crippen LogP contribution in [0.3, 0.4) is 0 Å². The van der Waals surface area contributed by atoms with Gasteiger partial charge >= 0.3 is 11.4 Å². The van der Waals surface area contributed by atoms with Gasteiger partial charge in [-0.1, -0.05) is 0 Å². The van der Waals surface area contributed by atoms with Gasteiger partial charge in [-0.15, -0.1) is 0 Å². The van der Waals surface area contributed by atoms with Gasteiger partial charge in [-0.05, 0) is 0 Å². The van der Waals surface area contributed by atoms with Gasteiger partial charge in [0.1, 0.15) is 0 Å². The van der Waals surface area contributed by atoms with Crippen LogP contribution in [-0.4, -0.2) is 9.85 Å². The van der Waals surface area contributed by atoms with E-state index in [9.17, 15) is 20.2 Å². The number of hydrogen-bond acceptors (Lipinski definition) is 4. The van der Waals surface area contributed by atoms with Gasteiger partial charge in [-0.3, -0.25) is 20.2 Å². The Morgan fingerprint density at radius 3 is 1.40 bits per heavy atom. The molecule has 0 saturated heterocycles. The molecule has 1 aliphatic rings. The number of rotatable bonds is 2. The summed E-state index contributed by atoms with van der Waals surface area (Å²) in [4.78, 5) is 18.5. The third-order valence-electron chi connectivity index (χ3n) is 1.37. The molecule has 0 amide bonds. The molecule has 0 aromatic carbocycles. The first-order valence-electron chi connectivity index (χ1n) is 2.63. The van der Waals surface area contributed by atoms with Gasteiger partial charge in [-0.25, -0.2) is 0 Å². The van der Waals surface area contributed by atoms with Gasteiger partial charge in [-0.2, -0.15) is 0 Å². The molecule has 0 radical (unpaired) electrons. The Kier molecular flexibility index (Phi) is 1.37. The van der Waals surface area contributed by atoms with Gasteiger partial charge in [0.2, 0.25) is 0 Å². The van der Waals surface area contributed by atoms with Crippen LogP contribution in [0.4, 0.5) is 0 Å². The monoisotopic (exact) mass is 144 g/mol. The lowest BCUT2D eigenvalue weighted by Gasteiger charge is -2.06. The van der Waals surface area contributed by atoms with E-state index >= 15 is 0 Å². The second-order valence-corrected chi connectivity index (χ2v) is 1.91. The van der Waals surface area contributed by atoms with Crippen LogP contribution in [0.5, 0.6) is 0 Å². The molecule has 0 spiro atoms. The molecule has 0 aromatic heterocycles. The number of nitro groups is 2. The topological polar surface area (TPSA) is 86.3 Å². The van der Waals surface area contributed by atoms with E-state index in [0.29, 0.717) is 0 Å². The van der Waals surface area contributed by atoms with E-state index in [1.807, 2.05) is 0 Å². The van der Waals surface area contributed by atoms with Crippen molar-refractivity contribution in [1.82, 2.24) is 0 Å². The molecule has 0 atom stereocenters. The minimum Gasteiger partial charge on any atom is -0.258 e. The van der Waals surface area contributed by atoms with Crippen LogP contribution in [0.25, 0.3) is 0 Å². The second kappa shape index (κ2) is 2.05. The summed E-state index contributed by atoms with van der Waals surface area (Å²) >= 11 is 0.